The Hall–Kier alpha value is -1.28. The largest absolute Gasteiger partial charge is 0.490 e. The number of nitrogens with zero attached hydrogens (tertiary/aromatic N) is 4. The average Bonchev–Trinajstić information content (AvgIpc) is 3.24. The van der Waals surface area contributed by atoms with Crippen molar-refractivity contribution in [1.29, 1.82) is 0 Å². The van der Waals surface area contributed by atoms with Crippen LogP contribution >= 0.6 is 23.5 Å². The summed E-state index contributed by atoms with van der Waals surface area (Å²) in [4.78, 5) is 36.1. The summed E-state index contributed by atoms with van der Waals surface area (Å²) in [5, 5.41) is 4.14. The Labute approximate surface area is 175 Å². The van der Waals surface area contributed by atoms with E-state index in [1.54, 1.807) is 6.20 Å². The van der Waals surface area contributed by atoms with E-state index >= 15 is 0 Å². The zero-order valence-electron chi connectivity index (χ0n) is 16.2. The molecule has 16 nitrogen and oxygen atoms in total. The van der Waals surface area contributed by atoms with Crippen LogP contribution < -0.4 is 5.73 Å². The molecule has 174 valence electrons. The summed E-state index contributed by atoms with van der Waals surface area (Å²) in [6.07, 6.45) is 2.46. The first-order chi connectivity index (χ1) is 14.3. The van der Waals surface area contributed by atoms with Gasteiger partial charge in [0.05, 0.1) is 25.5 Å². The molecular weight excluding hydrogens is 483 g/mol. The van der Waals surface area contributed by atoms with Gasteiger partial charge in [0.15, 0.2) is 5.65 Å². The van der Waals surface area contributed by atoms with Gasteiger partial charge in [-0.15, -0.1) is 0 Å². The number of aromatic nitrogens is 4. The Kier molecular flexibility index (Phi) is 6.74. The first-order valence-electron chi connectivity index (χ1n) is 8.43. The van der Waals surface area contributed by atoms with Crippen LogP contribution in [-0.4, -0.2) is 60.7 Å². The Balaban J connectivity index is 1.63. The quantitative estimate of drug-likeness (QED) is 0.346. The third kappa shape index (κ3) is 5.75. The van der Waals surface area contributed by atoms with Crippen LogP contribution in [0.3, 0.4) is 0 Å². The van der Waals surface area contributed by atoms with E-state index in [9.17, 15) is 23.5 Å². The molecule has 0 aromatic carbocycles. The highest BCUT2D eigenvalue weighted by Crippen LogP contribution is 2.67. The molecule has 1 aliphatic rings. The molecule has 0 spiro atoms. The van der Waals surface area contributed by atoms with Gasteiger partial charge in [0.1, 0.15) is 6.33 Å². The second-order valence-corrected chi connectivity index (χ2v) is 11.5. The lowest BCUT2D eigenvalue weighted by molar-refractivity contribution is 0.0520. The molecule has 3 rings (SSSR count). The molecule has 5 unspecified atom stereocenters. The van der Waals surface area contributed by atoms with Crippen molar-refractivity contribution in [2.45, 2.75) is 24.9 Å². The molecule has 3 heterocycles. The van der Waals surface area contributed by atoms with Crippen LogP contribution in [-0.2, 0) is 41.5 Å². The van der Waals surface area contributed by atoms with E-state index in [-0.39, 0.29) is 12.6 Å². The maximum Gasteiger partial charge on any atom is 0.490 e. The highest BCUT2D eigenvalue weighted by atomic mass is 31.3. The summed E-state index contributed by atoms with van der Waals surface area (Å²) >= 11 is 0. The summed E-state index contributed by atoms with van der Waals surface area (Å²) in [7, 11) is -14.9. The molecule has 0 aliphatic carbocycles. The maximum atomic E-state index is 11.9. The Morgan fingerprint density at radius 3 is 2.58 bits per heavy atom. The predicted octanol–water partition coefficient (Wildman–Crippen LogP) is 0.750. The Morgan fingerprint density at radius 1 is 1.23 bits per heavy atom. The first kappa shape index (κ1) is 24.4. The lowest BCUT2D eigenvalue weighted by Gasteiger charge is -2.21. The van der Waals surface area contributed by atoms with E-state index in [2.05, 4.69) is 32.7 Å². The van der Waals surface area contributed by atoms with E-state index in [4.69, 9.17) is 15.4 Å². The molecule has 5 atom stereocenters. The van der Waals surface area contributed by atoms with E-state index < -0.39 is 41.6 Å². The number of nitrogen functional groups attached to an aromatic ring is 1. The van der Waals surface area contributed by atoms with Gasteiger partial charge in [0.25, 0.3) is 0 Å². The van der Waals surface area contributed by atoms with Crippen molar-refractivity contribution in [1.82, 2.24) is 19.6 Å². The van der Waals surface area contributed by atoms with Crippen LogP contribution in [0.2, 0.25) is 0 Å². The average molecular weight is 503 g/mol. The second-order valence-electron chi connectivity index (χ2n) is 6.77. The number of ether oxygens (including phenoxy) is 1. The van der Waals surface area contributed by atoms with Crippen LogP contribution in [0.4, 0.5) is 5.95 Å². The van der Waals surface area contributed by atoms with E-state index in [0.29, 0.717) is 24.7 Å². The van der Waals surface area contributed by atoms with Gasteiger partial charge in [0, 0.05) is 18.1 Å². The molecule has 5 N–H and O–H groups in total. The first-order valence-corrected chi connectivity index (χ1v) is 12.9. The van der Waals surface area contributed by atoms with Gasteiger partial charge >= 0.3 is 23.5 Å². The van der Waals surface area contributed by atoms with Crippen molar-refractivity contribution >= 4 is 35.1 Å². The predicted molar refractivity (Wildman–Crippen MR) is 102 cm³/mol. The maximum absolute atomic E-state index is 11.9. The summed E-state index contributed by atoms with van der Waals surface area (Å²) in [5.41, 5.74) is 6.34. The lowest BCUT2D eigenvalue weighted by Crippen LogP contribution is -2.23. The van der Waals surface area contributed by atoms with Crippen LogP contribution in [0.25, 0.3) is 5.65 Å². The standard InChI is InChI=1S/C12H20N5O11P3/c1-12(9-4-16-17-10(9)14-7-15-11(17)13)3-8(25-6-12)5-26-30(20,21)28-31(22,23)27-29(18,19)24-2/h4,7-8H,3,5-6H2,1-2H3,(H,18,19)(H,20,21)(H,22,23)(H2,13,14,15). The van der Waals surface area contributed by atoms with Crippen LogP contribution in [0.15, 0.2) is 12.5 Å². The molecule has 0 saturated carbocycles. The Morgan fingerprint density at radius 2 is 1.90 bits per heavy atom. The topological polar surface area (TPSA) is 227 Å². The summed E-state index contributed by atoms with van der Waals surface area (Å²) < 4.78 is 58.2. The highest BCUT2D eigenvalue weighted by molar-refractivity contribution is 7.66. The van der Waals surface area contributed by atoms with E-state index in [1.807, 2.05) is 6.92 Å². The van der Waals surface area contributed by atoms with Gasteiger partial charge in [-0.2, -0.15) is 18.2 Å². The molecular formula is C12H20N5O11P3. The molecule has 1 aliphatic heterocycles. The molecule has 19 heteroatoms. The van der Waals surface area contributed by atoms with Gasteiger partial charge in [0.2, 0.25) is 5.95 Å². The van der Waals surface area contributed by atoms with Gasteiger partial charge in [-0.1, -0.05) is 6.92 Å². The summed E-state index contributed by atoms with van der Waals surface area (Å²) in [6.45, 7) is 1.55. The smallest absolute Gasteiger partial charge is 0.375 e. The number of rotatable bonds is 9. The minimum atomic E-state index is -5.46. The minimum Gasteiger partial charge on any atom is -0.375 e. The van der Waals surface area contributed by atoms with E-state index in [1.165, 1.54) is 10.8 Å². The minimum absolute atomic E-state index is 0.147. The second kappa shape index (κ2) is 8.58. The summed E-state index contributed by atoms with van der Waals surface area (Å²) in [6, 6.07) is 0. The van der Waals surface area contributed by atoms with Gasteiger partial charge < -0.3 is 25.2 Å². The fourth-order valence-electron chi connectivity index (χ4n) is 2.98. The van der Waals surface area contributed by atoms with Crippen LogP contribution in [0.5, 0.6) is 0 Å². The number of anilines is 1. The normalized spacial score (nSPS) is 27.6. The molecule has 2 aromatic rings. The number of hydrogen-bond donors (Lipinski definition) is 4. The number of phosphoric ester groups is 2. The van der Waals surface area contributed by atoms with Crippen molar-refractivity contribution < 1.29 is 50.8 Å². The Bertz CT molecular complexity index is 1110. The number of hydrogen-bond acceptors (Lipinski definition) is 12. The fraction of sp³-hybridized carbons (Fsp3) is 0.583. The van der Waals surface area contributed by atoms with Crippen LogP contribution in [0.1, 0.15) is 18.9 Å². The van der Waals surface area contributed by atoms with Crippen LogP contribution in [0, 0.1) is 0 Å². The van der Waals surface area contributed by atoms with Crippen molar-refractivity contribution in [3.8, 4) is 0 Å². The molecule has 0 amide bonds. The van der Waals surface area contributed by atoms with Gasteiger partial charge in [-0.25, -0.2) is 23.7 Å². The zero-order valence-corrected chi connectivity index (χ0v) is 18.9. The number of phosphoric acid groups is 3. The molecule has 2 aromatic heterocycles. The van der Waals surface area contributed by atoms with Gasteiger partial charge in [-0.05, 0) is 6.42 Å². The summed E-state index contributed by atoms with van der Waals surface area (Å²) in [5.74, 6) is 0.147. The monoisotopic (exact) mass is 503 g/mol. The SMILES string of the molecule is COP(=O)(O)OP(=O)(O)OP(=O)(O)OCC1CC(C)(c2cnn3c(N)ncnc23)CO1. The number of fused-ring (bicyclic) bond motifs is 1. The molecule has 1 fully saturated rings. The third-order valence-corrected chi connectivity index (χ3v) is 8.60. The van der Waals surface area contributed by atoms with Crippen molar-refractivity contribution in [3.05, 3.63) is 18.1 Å². The third-order valence-electron chi connectivity index (χ3n) is 4.36. The lowest BCUT2D eigenvalue weighted by atomic mass is 9.82. The molecule has 31 heavy (non-hydrogen) atoms. The fourth-order valence-corrected chi connectivity index (χ4v) is 6.27. The zero-order chi connectivity index (χ0) is 23.1. The van der Waals surface area contributed by atoms with Crippen molar-refractivity contribution in [2.24, 2.45) is 0 Å². The van der Waals surface area contributed by atoms with E-state index in [0.717, 1.165) is 0 Å². The molecule has 0 radical (unpaired) electrons. The number of nitrogens with two attached hydrogens (primary N) is 1. The van der Waals surface area contributed by atoms with Gasteiger partial charge in [-0.3, -0.25) is 9.05 Å². The highest BCUT2D eigenvalue weighted by Gasteiger charge is 2.44. The van der Waals surface area contributed by atoms with Crippen molar-refractivity contribution in [2.75, 3.05) is 26.1 Å². The molecule has 1 saturated heterocycles. The van der Waals surface area contributed by atoms with Crippen molar-refractivity contribution in [3.63, 3.8) is 0 Å². The molecule has 0 bridgehead atoms.